The van der Waals surface area contributed by atoms with Crippen molar-refractivity contribution in [1.29, 1.82) is 0 Å². The Bertz CT molecular complexity index is 475. The molecule has 0 amide bonds. The van der Waals surface area contributed by atoms with Crippen LogP contribution in [-0.2, 0) is 10.3 Å². The Morgan fingerprint density at radius 2 is 2.00 bits per heavy atom. The quantitative estimate of drug-likeness (QED) is 0.746. The molecule has 2 rings (SSSR count). The third kappa shape index (κ3) is 1.50. The average Bonchev–Trinajstić information content (AvgIpc) is 2.56. The molecule has 2 N–H and O–H groups in total. The van der Waals surface area contributed by atoms with E-state index in [4.69, 9.17) is 10.5 Å². The zero-order chi connectivity index (χ0) is 11.9. The van der Waals surface area contributed by atoms with Gasteiger partial charge in [-0.3, -0.25) is 0 Å². The molecular formula is C10H9F3N2O. The fraction of sp³-hybridized carbons (Fsp3) is 0.300. The second-order valence-electron chi connectivity index (χ2n) is 3.74. The summed E-state index contributed by atoms with van der Waals surface area (Å²) in [5.74, 6) is -4.01. The van der Waals surface area contributed by atoms with Gasteiger partial charge in [0.1, 0.15) is 12.1 Å². The van der Waals surface area contributed by atoms with E-state index in [1.165, 1.54) is 6.92 Å². The van der Waals surface area contributed by atoms with Crippen molar-refractivity contribution in [1.82, 2.24) is 0 Å². The molecule has 1 aromatic carbocycles. The standard InChI is InChI=1S/C10H9F3N2O/c1-10(4-16-9(14)15-10)5-2-3-6(11)8(13)7(5)12/h2-3H,4H2,1H3,(H2,14,15)/t10-/m1/s1. The molecule has 0 spiro atoms. The lowest BCUT2D eigenvalue weighted by Crippen LogP contribution is -2.23. The fourth-order valence-corrected chi connectivity index (χ4v) is 1.60. The van der Waals surface area contributed by atoms with Crippen LogP contribution < -0.4 is 5.73 Å². The number of ether oxygens (including phenoxy) is 1. The molecule has 1 aliphatic rings. The molecule has 1 heterocycles. The Labute approximate surface area is 89.7 Å². The van der Waals surface area contributed by atoms with E-state index in [-0.39, 0.29) is 18.2 Å². The molecule has 16 heavy (non-hydrogen) atoms. The van der Waals surface area contributed by atoms with E-state index < -0.39 is 23.0 Å². The first kappa shape index (κ1) is 10.8. The first-order valence-electron chi connectivity index (χ1n) is 4.56. The molecule has 1 aliphatic heterocycles. The van der Waals surface area contributed by atoms with Crippen molar-refractivity contribution in [2.75, 3.05) is 6.61 Å². The van der Waals surface area contributed by atoms with Gasteiger partial charge in [-0.25, -0.2) is 18.2 Å². The maximum absolute atomic E-state index is 13.5. The number of hydrogen-bond acceptors (Lipinski definition) is 3. The molecule has 0 fully saturated rings. The van der Waals surface area contributed by atoms with E-state index in [9.17, 15) is 13.2 Å². The molecule has 6 heteroatoms. The Balaban J connectivity index is 2.54. The highest BCUT2D eigenvalue weighted by molar-refractivity contribution is 5.74. The van der Waals surface area contributed by atoms with Gasteiger partial charge in [0, 0.05) is 5.56 Å². The second-order valence-corrected chi connectivity index (χ2v) is 3.74. The molecule has 1 aromatic rings. The minimum Gasteiger partial charge on any atom is -0.462 e. The van der Waals surface area contributed by atoms with Crippen molar-refractivity contribution in [2.24, 2.45) is 10.7 Å². The first-order valence-corrected chi connectivity index (χ1v) is 4.56. The minimum absolute atomic E-state index is 0.000819. The molecule has 1 atom stereocenters. The van der Waals surface area contributed by atoms with Gasteiger partial charge in [0.2, 0.25) is 0 Å². The van der Waals surface area contributed by atoms with Crippen molar-refractivity contribution >= 4 is 6.02 Å². The SMILES string of the molecule is C[C@]1(c2ccc(F)c(F)c2F)COC(N)=N1. The minimum atomic E-state index is -1.51. The van der Waals surface area contributed by atoms with Crippen LogP contribution in [0, 0.1) is 17.5 Å². The molecule has 86 valence electrons. The third-order valence-corrected chi connectivity index (χ3v) is 2.47. The van der Waals surface area contributed by atoms with E-state index in [0.29, 0.717) is 0 Å². The van der Waals surface area contributed by atoms with Crippen molar-refractivity contribution < 1.29 is 17.9 Å². The number of benzene rings is 1. The van der Waals surface area contributed by atoms with Gasteiger partial charge in [-0.15, -0.1) is 0 Å². The van der Waals surface area contributed by atoms with Crippen molar-refractivity contribution in [2.45, 2.75) is 12.5 Å². The number of halogens is 3. The maximum atomic E-state index is 13.5. The molecule has 0 radical (unpaired) electrons. The molecule has 0 saturated heterocycles. The van der Waals surface area contributed by atoms with Gasteiger partial charge in [-0.2, -0.15) is 0 Å². The van der Waals surface area contributed by atoms with E-state index >= 15 is 0 Å². The zero-order valence-corrected chi connectivity index (χ0v) is 8.43. The molecule has 0 bridgehead atoms. The van der Waals surface area contributed by atoms with E-state index in [1.807, 2.05) is 0 Å². The molecule has 0 saturated carbocycles. The van der Waals surface area contributed by atoms with Crippen molar-refractivity contribution in [3.63, 3.8) is 0 Å². The number of hydrogen-bond donors (Lipinski definition) is 1. The van der Waals surface area contributed by atoms with Gasteiger partial charge in [0.05, 0.1) is 0 Å². The third-order valence-electron chi connectivity index (χ3n) is 2.47. The van der Waals surface area contributed by atoms with Crippen LogP contribution in [0.5, 0.6) is 0 Å². The Morgan fingerprint density at radius 1 is 1.31 bits per heavy atom. The molecular weight excluding hydrogens is 221 g/mol. The average molecular weight is 230 g/mol. The monoisotopic (exact) mass is 230 g/mol. The van der Waals surface area contributed by atoms with Crippen LogP contribution in [0.4, 0.5) is 13.2 Å². The summed E-state index contributed by atoms with van der Waals surface area (Å²) in [6, 6.07) is 1.90. The summed E-state index contributed by atoms with van der Waals surface area (Å²) in [5, 5.41) is 0. The lowest BCUT2D eigenvalue weighted by Gasteiger charge is -2.19. The van der Waals surface area contributed by atoms with Crippen LogP contribution in [-0.4, -0.2) is 12.6 Å². The van der Waals surface area contributed by atoms with Gasteiger partial charge in [-0.05, 0) is 13.0 Å². The zero-order valence-electron chi connectivity index (χ0n) is 8.43. The molecule has 0 aliphatic carbocycles. The topological polar surface area (TPSA) is 47.6 Å². The summed E-state index contributed by atoms with van der Waals surface area (Å²) in [6.07, 6.45) is 0. The Hall–Kier alpha value is -1.72. The smallest absolute Gasteiger partial charge is 0.283 e. The normalized spacial score (nSPS) is 24.1. The van der Waals surface area contributed by atoms with Crippen LogP contribution in [0.25, 0.3) is 0 Å². The predicted molar refractivity (Wildman–Crippen MR) is 51.2 cm³/mol. The lowest BCUT2D eigenvalue weighted by molar-refractivity contribution is 0.260. The lowest BCUT2D eigenvalue weighted by atomic mass is 9.93. The number of nitrogens with two attached hydrogens (primary N) is 1. The Kier molecular flexibility index (Phi) is 2.29. The second kappa shape index (κ2) is 3.40. The summed E-state index contributed by atoms with van der Waals surface area (Å²) in [5.41, 5.74) is 4.12. The summed E-state index contributed by atoms with van der Waals surface area (Å²) >= 11 is 0. The number of rotatable bonds is 1. The summed E-state index contributed by atoms with van der Waals surface area (Å²) in [6.45, 7) is 1.53. The van der Waals surface area contributed by atoms with Crippen molar-refractivity contribution in [3.8, 4) is 0 Å². The van der Waals surface area contributed by atoms with E-state index in [2.05, 4.69) is 4.99 Å². The van der Waals surface area contributed by atoms with Gasteiger partial charge < -0.3 is 10.5 Å². The van der Waals surface area contributed by atoms with Crippen LogP contribution in [0.2, 0.25) is 0 Å². The van der Waals surface area contributed by atoms with Crippen LogP contribution in [0.3, 0.4) is 0 Å². The van der Waals surface area contributed by atoms with Gasteiger partial charge in [-0.1, -0.05) is 6.07 Å². The predicted octanol–water partition coefficient (Wildman–Crippen LogP) is 1.66. The van der Waals surface area contributed by atoms with Gasteiger partial charge >= 0.3 is 0 Å². The highest BCUT2D eigenvalue weighted by atomic mass is 19.2. The van der Waals surface area contributed by atoms with Crippen molar-refractivity contribution in [3.05, 3.63) is 35.1 Å². The molecule has 3 nitrogen and oxygen atoms in total. The van der Waals surface area contributed by atoms with Crippen LogP contribution >= 0.6 is 0 Å². The number of nitrogens with zero attached hydrogens (tertiary/aromatic N) is 1. The number of amidine groups is 1. The highest BCUT2D eigenvalue weighted by Gasteiger charge is 2.36. The van der Waals surface area contributed by atoms with Crippen LogP contribution in [0.15, 0.2) is 17.1 Å². The van der Waals surface area contributed by atoms with E-state index in [1.54, 1.807) is 0 Å². The highest BCUT2D eigenvalue weighted by Crippen LogP contribution is 2.32. The largest absolute Gasteiger partial charge is 0.462 e. The summed E-state index contributed by atoms with van der Waals surface area (Å²) in [7, 11) is 0. The molecule has 0 unspecified atom stereocenters. The van der Waals surface area contributed by atoms with E-state index in [0.717, 1.165) is 12.1 Å². The Morgan fingerprint density at radius 3 is 2.56 bits per heavy atom. The molecule has 0 aromatic heterocycles. The summed E-state index contributed by atoms with van der Waals surface area (Å²) < 4.78 is 44.2. The first-order chi connectivity index (χ1) is 7.44. The fourth-order valence-electron chi connectivity index (χ4n) is 1.60. The van der Waals surface area contributed by atoms with Gasteiger partial charge in [0.15, 0.2) is 17.5 Å². The van der Waals surface area contributed by atoms with Gasteiger partial charge in [0.25, 0.3) is 6.02 Å². The summed E-state index contributed by atoms with van der Waals surface area (Å²) in [4.78, 5) is 3.87. The van der Waals surface area contributed by atoms with Crippen LogP contribution in [0.1, 0.15) is 12.5 Å². The maximum Gasteiger partial charge on any atom is 0.283 e. The number of aliphatic imine (C=N–C) groups is 1.